The van der Waals surface area contributed by atoms with Crippen molar-refractivity contribution in [3.8, 4) is 0 Å². The van der Waals surface area contributed by atoms with E-state index < -0.39 is 0 Å². The molecule has 0 bridgehead atoms. The van der Waals surface area contributed by atoms with Gasteiger partial charge in [-0.15, -0.1) is 11.8 Å². The van der Waals surface area contributed by atoms with Gasteiger partial charge in [-0.1, -0.05) is 0 Å². The molecule has 0 radical (unpaired) electrons. The van der Waals surface area contributed by atoms with Crippen LogP contribution in [0.4, 0.5) is 0 Å². The lowest BCUT2D eigenvalue weighted by atomic mass is 10.4. The highest BCUT2D eigenvalue weighted by Crippen LogP contribution is 2.19. The topological polar surface area (TPSA) is 46.5 Å². The summed E-state index contributed by atoms with van der Waals surface area (Å²) in [4.78, 5) is 10.8. The van der Waals surface area contributed by atoms with E-state index >= 15 is 0 Å². The Kier molecular flexibility index (Phi) is 3.45. The molecule has 0 aromatic rings. The summed E-state index contributed by atoms with van der Waals surface area (Å²) < 4.78 is 4.59. The van der Waals surface area contributed by atoms with Crippen molar-refractivity contribution in [1.82, 2.24) is 0 Å². The Labute approximate surface area is 69.4 Å². The molecule has 0 aliphatic carbocycles. The molecule has 1 heterocycles. The maximum absolute atomic E-state index is 10.8. The van der Waals surface area contributed by atoms with Crippen molar-refractivity contribution in [1.29, 1.82) is 0 Å². The Morgan fingerprint density at radius 2 is 2.55 bits per heavy atom. The first-order valence-corrected chi connectivity index (χ1v) is 4.49. The molecular formula is C7H10O3S. The van der Waals surface area contributed by atoms with E-state index in [9.17, 15) is 4.79 Å². The zero-order chi connectivity index (χ0) is 8.10. The summed E-state index contributed by atoms with van der Waals surface area (Å²) >= 11 is 1.50. The number of thioether (sulfide) groups is 1. The summed E-state index contributed by atoms with van der Waals surface area (Å²) in [6, 6.07) is 0. The zero-order valence-electron chi connectivity index (χ0n) is 6.03. The molecule has 62 valence electrons. The molecule has 0 saturated carbocycles. The van der Waals surface area contributed by atoms with Gasteiger partial charge in [0.2, 0.25) is 0 Å². The minimum Gasteiger partial charge on any atom is -0.434 e. The van der Waals surface area contributed by atoms with Crippen molar-refractivity contribution in [2.24, 2.45) is 0 Å². The maximum atomic E-state index is 10.8. The molecule has 0 amide bonds. The Morgan fingerprint density at radius 3 is 3.09 bits per heavy atom. The second-order valence-electron chi connectivity index (χ2n) is 2.13. The Hall–Kier alpha value is -0.480. The van der Waals surface area contributed by atoms with Gasteiger partial charge >= 0.3 is 5.97 Å². The predicted octanol–water partition coefficient (Wildman–Crippen LogP) is 0.541. The minimum absolute atomic E-state index is 0.151. The lowest BCUT2D eigenvalue weighted by molar-refractivity contribution is -0.134. The average Bonchev–Trinajstić information content (AvgIpc) is 2.37. The van der Waals surface area contributed by atoms with Crippen LogP contribution < -0.4 is 0 Å². The van der Waals surface area contributed by atoms with Crippen molar-refractivity contribution in [3.05, 3.63) is 12.3 Å². The van der Waals surface area contributed by atoms with Gasteiger partial charge in [-0.05, 0) is 18.2 Å². The standard InChI is InChI=1S/C7H10O3S/c8-3-1-5-11-6-2-4-10-7(6)9/h2,4,6,8H,1,3,5H2. The number of ether oxygens (including phenoxy) is 1. The van der Waals surface area contributed by atoms with Crippen LogP contribution in [0.3, 0.4) is 0 Å². The lowest BCUT2D eigenvalue weighted by Crippen LogP contribution is -2.10. The third-order valence-corrected chi connectivity index (χ3v) is 2.50. The summed E-state index contributed by atoms with van der Waals surface area (Å²) in [5.41, 5.74) is 0. The van der Waals surface area contributed by atoms with Crippen molar-refractivity contribution in [2.45, 2.75) is 11.7 Å². The third kappa shape index (κ3) is 2.55. The van der Waals surface area contributed by atoms with Crippen LogP contribution in [0, 0.1) is 0 Å². The highest BCUT2D eigenvalue weighted by atomic mass is 32.2. The Bertz CT molecular complexity index is 167. The second kappa shape index (κ2) is 4.41. The fraction of sp³-hybridized carbons (Fsp3) is 0.571. The molecule has 0 aromatic heterocycles. The van der Waals surface area contributed by atoms with Crippen LogP contribution in [0.5, 0.6) is 0 Å². The van der Waals surface area contributed by atoms with E-state index in [-0.39, 0.29) is 17.8 Å². The van der Waals surface area contributed by atoms with Crippen LogP contribution in [0.15, 0.2) is 12.3 Å². The summed E-state index contributed by atoms with van der Waals surface area (Å²) in [5.74, 6) is 0.591. The largest absolute Gasteiger partial charge is 0.434 e. The quantitative estimate of drug-likeness (QED) is 0.499. The van der Waals surface area contributed by atoms with Crippen LogP contribution in [-0.4, -0.2) is 28.7 Å². The van der Waals surface area contributed by atoms with E-state index in [1.165, 1.54) is 18.0 Å². The number of carbonyl (C=O) groups excluding carboxylic acids is 1. The van der Waals surface area contributed by atoms with Gasteiger partial charge in [-0.3, -0.25) is 4.79 Å². The summed E-state index contributed by atoms with van der Waals surface area (Å²) in [7, 11) is 0. The van der Waals surface area contributed by atoms with E-state index in [4.69, 9.17) is 5.11 Å². The highest BCUT2D eigenvalue weighted by molar-refractivity contribution is 8.00. The fourth-order valence-corrected chi connectivity index (χ4v) is 1.64. The normalized spacial score (nSPS) is 22.3. The van der Waals surface area contributed by atoms with Crippen molar-refractivity contribution in [3.63, 3.8) is 0 Å². The molecule has 1 unspecified atom stereocenters. The van der Waals surface area contributed by atoms with E-state index in [0.29, 0.717) is 0 Å². The van der Waals surface area contributed by atoms with Gasteiger partial charge in [-0.25, -0.2) is 0 Å². The van der Waals surface area contributed by atoms with Gasteiger partial charge < -0.3 is 9.84 Å². The first-order chi connectivity index (χ1) is 5.34. The number of aliphatic hydroxyl groups excluding tert-OH is 1. The van der Waals surface area contributed by atoms with Crippen LogP contribution in [0.2, 0.25) is 0 Å². The molecule has 0 aromatic carbocycles. The number of rotatable bonds is 4. The SMILES string of the molecule is O=C1OC=CC1SCCCO. The molecule has 1 atom stereocenters. The zero-order valence-corrected chi connectivity index (χ0v) is 6.84. The maximum Gasteiger partial charge on any atom is 0.327 e. The lowest BCUT2D eigenvalue weighted by Gasteiger charge is -2.02. The smallest absolute Gasteiger partial charge is 0.327 e. The molecule has 0 saturated heterocycles. The molecule has 3 nitrogen and oxygen atoms in total. The molecule has 4 heteroatoms. The van der Waals surface area contributed by atoms with Gasteiger partial charge in [0.05, 0.1) is 6.26 Å². The number of esters is 1. The van der Waals surface area contributed by atoms with Gasteiger partial charge in [0.1, 0.15) is 5.25 Å². The molecule has 11 heavy (non-hydrogen) atoms. The van der Waals surface area contributed by atoms with Gasteiger partial charge in [-0.2, -0.15) is 0 Å². The van der Waals surface area contributed by atoms with E-state index in [0.717, 1.165) is 12.2 Å². The molecule has 0 spiro atoms. The summed E-state index contributed by atoms with van der Waals surface area (Å²) in [5, 5.41) is 8.31. The van der Waals surface area contributed by atoms with Gasteiger partial charge in [0, 0.05) is 6.61 Å². The number of hydrogen-bond acceptors (Lipinski definition) is 4. The molecule has 1 rings (SSSR count). The minimum atomic E-state index is -0.201. The van der Waals surface area contributed by atoms with E-state index in [1.807, 2.05) is 0 Å². The molecule has 1 aliphatic rings. The van der Waals surface area contributed by atoms with E-state index in [2.05, 4.69) is 4.74 Å². The van der Waals surface area contributed by atoms with Gasteiger partial charge in [0.25, 0.3) is 0 Å². The summed E-state index contributed by atoms with van der Waals surface area (Å²) in [6.45, 7) is 0.179. The number of cyclic esters (lactones) is 1. The van der Waals surface area contributed by atoms with E-state index in [1.54, 1.807) is 6.08 Å². The monoisotopic (exact) mass is 174 g/mol. The fourth-order valence-electron chi connectivity index (χ4n) is 0.722. The van der Waals surface area contributed by atoms with Crippen LogP contribution in [0.1, 0.15) is 6.42 Å². The van der Waals surface area contributed by atoms with Crippen molar-refractivity contribution >= 4 is 17.7 Å². The predicted molar refractivity (Wildman–Crippen MR) is 43.2 cm³/mol. The molecule has 1 aliphatic heterocycles. The van der Waals surface area contributed by atoms with Crippen LogP contribution >= 0.6 is 11.8 Å². The summed E-state index contributed by atoms with van der Waals surface area (Å²) in [6.07, 6.45) is 3.87. The number of aliphatic hydroxyl groups is 1. The van der Waals surface area contributed by atoms with Crippen molar-refractivity contribution in [2.75, 3.05) is 12.4 Å². The van der Waals surface area contributed by atoms with Crippen molar-refractivity contribution < 1.29 is 14.6 Å². The average molecular weight is 174 g/mol. The van der Waals surface area contributed by atoms with Crippen LogP contribution in [0.25, 0.3) is 0 Å². The molecular weight excluding hydrogens is 164 g/mol. The Balaban J connectivity index is 2.15. The Morgan fingerprint density at radius 1 is 1.73 bits per heavy atom. The van der Waals surface area contributed by atoms with Crippen LogP contribution in [-0.2, 0) is 9.53 Å². The third-order valence-electron chi connectivity index (χ3n) is 1.27. The highest BCUT2D eigenvalue weighted by Gasteiger charge is 2.21. The number of hydrogen-bond donors (Lipinski definition) is 1. The molecule has 1 N–H and O–H groups in total. The first-order valence-electron chi connectivity index (χ1n) is 3.44. The molecule has 0 fully saturated rings. The first kappa shape index (κ1) is 8.62. The van der Waals surface area contributed by atoms with Gasteiger partial charge in [0.15, 0.2) is 0 Å². The second-order valence-corrected chi connectivity index (χ2v) is 3.38. The number of carbonyl (C=O) groups is 1.